The fraction of sp³-hybridized carbons (Fsp3) is 0.200. The molecule has 1 aromatic heterocycles. The van der Waals surface area contributed by atoms with Gasteiger partial charge in [0.15, 0.2) is 0 Å². The Morgan fingerprint density at radius 2 is 1.84 bits per heavy atom. The van der Waals surface area contributed by atoms with E-state index in [2.05, 4.69) is 17.6 Å². The van der Waals surface area contributed by atoms with Gasteiger partial charge in [-0.05, 0) is 18.6 Å². The van der Waals surface area contributed by atoms with Crippen LogP contribution in [-0.4, -0.2) is 9.49 Å². The zero-order chi connectivity index (χ0) is 13.4. The molecule has 1 heterocycles. The van der Waals surface area contributed by atoms with E-state index in [1.54, 1.807) is 12.1 Å². The van der Waals surface area contributed by atoms with Crippen molar-refractivity contribution in [3.63, 3.8) is 0 Å². The van der Waals surface area contributed by atoms with Crippen LogP contribution in [0, 0.1) is 10.1 Å². The van der Waals surface area contributed by atoms with Crippen LogP contribution in [0.4, 0.5) is 5.69 Å². The molecule has 0 atom stereocenters. The van der Waals surface area contributed by atoms with Crippen LogP contribution in [0.2, 0.25) is 0 Å². The Morgan fingerprint density at radius 3 is 2.58 bits per heavy atom. The van der Waals surface area contributed by atoms with Gasteiger partial charge in [0.25, 0.3) is 5.69 Å². The summed E-state index contributed by atoms with van der Waals surface area (Å²) >= 11 is 0. The van der Waals surface area contributed by atoms with Gasteiger partial charge < -0.3 is 4.57 Å². The summed E-state index contributed by atoms with van der Waals surface area (Å²) < 4.78 is 2.23. The number of para-hydroxylation sites is 1. The first-order valence-corrected chi connectivity index (χ1v) is 6.37. The Bertz CT molecular complexity index is 774. The Kier molecular flexibility index (Phi) is 2.71. The van der Waals surface area contributed by atoms with Crippen LogP contribution < -0.4 is 0 Å². The minimum Gasteiger partial charge on any atom is -0.340 e. The molecule has 0 bridgehead atoms. The zero-order valence-corrected chi connectivity index (χ0v) is 10.7. The number of nitrogens with zero attached hydrogens (tertiary/aromatic N) is 2. The Morgan fingerprint density at radius 1 is 1.11 bits per heavy atom. The van der Waals surface area contributed by atoms with Crippen molar-refractivity contribution in [2.24, 2.45) is 0 Å². The molecular weight excluding hydrogens is 240 g/mol. The van der Waals surface area contributed by atoms with Crippen LogP contribution in [0.25, 0.3) is 21.8 Å². The molecule has 0 saturated carbocycles. The standard InChI is InChI=1S/C15H14N2O2/c1-2-9-16-14-6-4-3-5-12(14)13-10-11(17(18)19)7-8-15(13)16/h3-8,10H,2,9H2,1H3. The van der Waals surface area contributed by atoms with Gasteiger partial charge in [-0.3, -0.25) is 10.1 Å². The summed E-state index contributed by atoms with van der Waals surface area (Å²) in [6, 6.07) is 13.2. The summed E-state index contributed by atoms with van der Waals surface area (Å²) in [5, 5.41) is 12.9. The summed E-state index contributed by atoms with van der Waals surface area (Å²) in [5.41, 5.74) is 2.35. The fourth-order valence-electron chi connectivity index (χ4n) is 2.62. The first-order chi connectivity index (χ1) is 9.22. The molecule has 0 unspecified atom stereocenters. The number of benzene rings is 2. The fourth-order valence-corrected chi connectivity index (χ4v) is 2.62. The van der Waals surface area contributed by atoms with E-state index in [-0.39, 0.29) is 10.6 Å². The molecule has 2 aromatic carbocycles. The summed E-state index contributed by atoms with van der Waals surface area (Å²) in [4.78, 5) is 10.6. The van der Waals surface area contributed by atoms with Gasteiger partial charge in [0.2, 0.25) is 0 Å². The minimum absolute atomic E-state index is 0.145. The van der Waals surface area contributed by atoms with E-state index in [0.717, 1.165) is 34.8 Å². The van der Waals surface area contributed by atoms with Crippen molar-refractivity contribution in [3.05, 3.63) is 52.6 Å². The molecule has 19 heavy (non-hydrogen) atoms. The third kappa shape index (κ3) is 1.76. The van der Waals surface area contributed by atoms with Crippen molar-refractivity contribution in [1.29, 1.82) is 0 Å². The van der Waals surface area contributed by atoms with Gasteiger partial charge in [-0.2, -0.15) is 0 Å². The highest BCUT2D eigenvalue weighted by molar-refractivity contribution is 6.08. The van der Waals surface area contributed by atoms with Gasteiger partial charge in [0.1, 0.15) is 0 Å². The van der Waals surface area contributed by atoms with Gasteiger partial charge in [-0.15, -0.1) is 0 Å². The number of aryl methyl sites for hydroxylation is 1. The maximum Gasteiger partial charge on any atom is 0.270 e. The van der Waals surface area contributed by atoms with Gasteiger partial charge in [0.05, 0.1) is 4.92 Å². The molecular formula is C15H14N2O2. The first-order valence-electron chi connectivity index (χ1n) is 6.37. The van der Waals surface area contributed by atoms with Gasteiger partial charge in [-0.1, -0.05) is 25.1 Å². The molecule has 0 fully saturated rings. The highest BCUT2D eigenvalue weighted by Crippen LogP contribution is 2.31. The molecule has 4 nitrogen and oxygen atoms in total. The molecule has 0 amide bonds. The van der Waals surface area contributed by atoms with E-state index in [1.165, 1.54) is 0 Å². The Labute approximate surface area is 110 Å². The van der Waals surface area contributed by atoms with Crippen LogP contribution in [-0.2, 0) is 6.54 Å². The number of fused-ring (bicyclic) bond motifs is 3. The molecule has 0 aliphatic carbocycles. The number of nitro groups is 1. The molecule has 0 aliphatic heterocycles. The lowest BCUT2D eigenvalue weighted by atomic mass is 10.1. The van der Waals surface area contributed by atoms with Crippen LogP contribution in [0.1, 0.15) is 13.3 Å². The van der Waals surface area contributed by atoms with Gasteiger partial charge in [0, 0.05) is 40.5 Å². The predicted octanol–water partition coefficient (Wildman–Crippen LogP) is 4.11. The highest BCUT2D eigenvalue weighted by Gasteiger charge is 2.13. The zero-order valence-electron chi connectivity index (χ0n) is 10.7. The number of rotatable bonds is 3. The monoisotopic (exact) mass is 254 g/mol. The number of hydrogen-bond donors (Lipinski definition) is 0. The minimum atomic E-state index is -0.342. The third-order valence-electron chi connectivity index (χ3n) is 3.41. The lowest BCUT2D eigenvalue weighted by Gasteiger charge is -2.04. The summed E-state index contributed by atoms with van der Waals surface area (Å²) in [6.45, 7) is 3.05. The molecule has 96 valence electrons. The molecule has 4 heteroatoms. The van der Waals surface area contributed by atoms with Crippen molar-refractivity contribution in [2.75, 3.05) is 0 Å². The molecule has 3 rings (SSSR count). The topological polar surface area (TPSA) is 48.1 Å². The quantitative estimate of drug-likeness (QED) is 0.521. The van der Waals surface area contributed by atoms with Crippen LogP contribution in [0.15, 0.2) is 42.5 Å². The molecule has 0 N–H and O–H groups in total. The van der Waals surface area contributed by atoms with E-state index in [4.69, 9.17) is 0 Å². The lowest BCUT2D eigenvalue weighted by Crippen LogP contribution is -1.95. The molecule has 0 aliphatic rings. The second-order valence-corrected chi connectivity index (χ2v) is 4.63. The summed E-state index contributed by atoms with van der Waals surface area (Å²) in [6.07, 6.45) is 1.03. The third-order valence-corrected chi connectivity index (χ3v) is 3.41. The summed E-state index contributed by atoms with van der Waals surface area (Å²) in [7, 11) is 0. The van der Waals surface area contributed by atoms with Crippen molar-refractivity contribution in [1.82, 2.24) is 4.57 Å². The second kappa shape index (κ2) is 4.39. The number of nitro benzene ring substituents is 1. The van der Waals surface area contributed by atoms with E-state index in [0.29, 0.717) is 0 Å². The largest absolute Gasteiger partial charge is 0.340 e. The average molecular weight is 254 g/mol. The Hall–Kier alpha value is -2.36. The van der Waals surface area contributed by atoms with E-state index >= 15 is 0 Å². The first kappa shape index (κ1) is 11.7. The van der Waals surface area contributed by atoms with Crippen molar-refractivity contribution < 1.29 is 4.92 Å². The van der Waals surface area contributed by atoms with Crippen molar-refractivity contribution in [2.45, 2.75) is 19.9 Å². The highest BCUT2D eigenvalue weighted by atomic mass is 16.6. The molecule has 0 spiro atoms. The molecule has 3 aromatic rings. The number of non-ortho nitro benzene ring substituents is 1. The molecule has 0 saturated heterocycles. The van der Waals surface area contributed by atoms with Gasteiger partial charge in [-0.25, -0.2) is 0 Å². The maximum atomic E-state index is 10.9. The number of hydrogen-bond acceptors (Lipinski definition) is 2. The average Bonchev–Trinajstić information content (AvgIpc) is 2.74. The summed E-state index contributed by atoms with van der Waals surface area (Å²) in [5.74, 6) is 0. The van der Waals surface area contributed by atoms with Crippen LogP contribution in [0.5, 0.6) is 0 Å². The maximum absolute atomic E-state index is 10.9. The Balaban J connectivity index is 2.41. The second-order valence-electron chi connectivity index (χ2n) is 4.63. The SMILES string of the molecule is CCCn1c2ccccc2c2cc([N+](=O)[O-])ccc21. The van der Waals surface area contributed by atoms with E-state index < -0.39 is 0 Å². The molecule has 0 radical (unpaired) electrons. The predicted molar refractivity (Wildman–Crippen MR) is 76.4 cm³/mol. The lowest BCUT2D eigenvalue weighted by molar-refractivity contribution is -0.384. The van der Waals surface area contributed by atoms with Crippen molar-refractivity contribution >= 4 is 27.5 Å². The van der Waals surface area contributed by atoms with Gasteiger partial charge >= 0.3 is 0 Å². The van der Waals surface area contributed by atoms with Crippen LogP contribution in [0.3, 0.4) is 0 Å². The smallest absolute Gasteiger partial charge is 0.270 e. The normalized spacial score (nSPS) is 11.2. The van der Waals surface area contributed by atoms with Crippen molar-refractivity contribution in [3.8, 4) is 0 Å². The van der Waals surface area contributed by atoms with E-state index in [1.807, 2.05) is 24.3 Å². The van der Waals surface area contributed by atoms with Crippen LogP contribution >= 0.6 is 0 Å². The number of aromatic nitrogens is 1. The van der Waals surface area contributed by atoms with E-state index in [9.17, 15) is 10.1 Å².